The minimum atomic E-state index is -0.595. The molecule has 7 heteroatoms. The zero-order valence-electron chi connectivity index (χ0n) is 17.5. The number of benzene rings is 1. The van der Waals surface area contributed by atoms with E-state index in [9.17, 15) is 9.59 Å². The highest BCUT2D eigenvalue weighted by Gasteiger charge is 2.33. The first-order chi connectivity index (χ1) is 14.5. The van der Waals surface area contributed by atoms with Crippen LogP contribution in [-0.2, 0) is 9.59 Å². The van der Waals surface area contributed by atoms with Crippen LogP contribution in [0.1, 0.15) is 37.6 Å². The maximum Gasteiger partial charge on any atom is 0.268 e. The number of ether oxygens (including phenoxy) is 1. The first-order valence-electron chi connectivity index (χ1n) is 10.6. The summed E-state index contributed by atoms with van der Waals surface area (Å²) >= 11 is 1.73. The number of anilines is 1. The number of rotatable bonds is 6. The van der Waals surface area contributed by atoms with Crippen molar-refractivity contribution in [2.45, 2.75) is 38.8 Å². The standard InChI is InChI=1S/C23H29N3O3S/c1-16-9-11-25(12-10-16)19(21-8-5-13-30-21)14-24-22(27)15-26-18-6-3-4-7-20(18)29-17(2)23(26)28/h3-8,13,16-17,19H,9-12,14-15H2,1-2H3,(H,24,27). The molecule has 1 N–H and O–H groups in total. The maximum absolute atomic E-state index is 12.8. The zero-order valence-corrected chi connectivity index (χ0v) is 18.4. The van der Waals surface area contributed by atoms with Gasteiger partial charge in [0.2, 0.25) is 5.91 Å². The molecule has 30 heavy (non-hydrogen) atoms. The van der Waals surface area contributed by atoms with Gasteiger partial charge in [0.1, 0.15) is 12.3 Å². The second-order valence-corrected chi connectivity index (χ2v) is 9.19. The van der Waals surface area contributed by atoms with Gasteiger partial charge in [-0.2, -0.15) is 0 Å². The Hall–Kier alpha value is -2.38. The molecule has 2 atom stereocenters. The Morgan fingerprint density at radius 3 is 2.70 bits per heavy atom. The summed E-state index contributed by atoms with van der Waals surface area (Å²) in [5.41, 5.74) is 0.649. The van der Waals surface area contributed by atoms with E-state index in [0.29, 0.717) is 18.0 Å². The normalized spacial score (nSPS) is 21.1. The van der Waals surface area contributed by atoms with Crippen LogP contribution in [0.5, 0.6) is 5.75 Å². The lowest BCUT2D eigenvalue weighted by Crippen LogP contribution is -2.50. The van der Waals surface area contributed by atoms with Gasteiger partial charge in [0.15, 0.2) is 6.10 Å². The number of amides is 2. The summed E-state index contributed by atoms with van der Waals surface area (Å²) in [5, 5.41) is 5.17. The van der Waals surface area contributed by atoms with Crippen molar-refractivity contribution in [3.8, 4) is 5.75 Å². The molecule has 0 aliphatic carbocycles. The topological polar surface area (TPSA) is 61.9 Å². The molecule has 2 amide bonds. The Kier molecular flexibility index (Phi) is 6.39. The number of thiophene rings is 1. The van der Waals surface area contributed by atoms with Gasteiger partial charge in [-0.05, 0) is 62.4 Å². The second-order valence-electron chi connectivity index (χ2n) is 8.21. The van der Waals surface area contributed by atoms with Gasteiger partial charge >= 0.3 is 0 Å². The van der Waals surface area contributed by atoms with Gasteiger partial charge in [-0.3, -0.25) is 19.4 Å². The molecule has 3 heterocycles. The van der Waals surface area contributed by atoms with Crippen LogP contribution in [0.2, 0.25) is 0 Å². The fourth-order valence-corrected chi connectivity index (χ4v) is 5.02. The lowest BCUT2D eigenvalue weighted by atomic mass is 9.97. The molecule has 2 aliphatic rings. The average molecular weight is 428 g/mol. The zero-order chi connectivity index (χ0) is 21.1. The van der Waals surface area contributed by atoms with Crippen LogP contribution in [0, 0.1) is 5.92 Å². The van der Waals surface area contributed by atoms with E-state index in [-0.39, 0.29) is 24.4 Å². The SMILES string of the molecule is CC1CCN(C(CNC(=O)CN2C(=O)C(C)Oc3ccccc32)c2cccs2)CC1. The van der Waals surface area contributed by atoms with E-state index >= 15 is 0 Å². The quantitative estimate of drug-likeness (QED) is 0.767. The van der Waals surface area contributed by atoms with Crippen molar-refractivity contribution in [3.63, 3.8) is 0 Å². The summed E-state index contributed by atoms with van der Waals surface area (Å²) in [6.07, 6.45) is 1.78. The number of fused-ring (bicyclic) bond motifs is 1. The molecule has 2 aliphatic heterocycles. The Morgan fingerprint density at radius 2 is 1.97 bits per heavy atom. The number of nitrogens with one attached hydrogen (secondary N) is 1. The largest absolute Gasteiger partial charge is 0.479 e. The van der Waals surface area contributed by atoms with E-state index in [4.69, 9.17) is 4.74 Å². The van der Waals surface area contributed by atoms with Gasteiger partial charge in [-0.25, -0.2) is 0 Å². The van der Waals surface area contributed by atoms with Gasteiger partial charge in [-0.15, -0.1) is 11.3 Å². The lowest BCUT2D eigenvalue weighted by Gasteiger charge is -2.36. The van der Waals surface area contributed by atoms with E-state index in [1.54, 1.807) is 18.3 Å². The molecule has 1 aromatic heterocycles. The van der Waals surface area contributed by atoms with Crippen LogP contribution in [0.3, 0.4) is 0 Å². The van der Waals surface area contributed by atoms with Crippen LogP contribution >= 0.6 is 11.3 Å². The highest BCUT2D eigenvalue weighted by molar-refractivity contribution is 7.10. The number of carbonyl (C=O) groups excluding carboxylic acids is 2. The third-order valence-electron chi connectivity index (χ3n) is 6.00. The molecule has 0 spiro atoms. The second kappa shape index (κ2) is 9.18. The molecule has 0 saturated carbocycles. The smallest absolute Gasteiger partial charge is 0.268 e. The van der Waals surface area contributed by atoms with E-state index in [1.807, 2.05) is 24.3 Å². The number of nitrogens with zero attached hydrogens (tertiary/aromatic N) is 2. The Labute approximate surface area is 181 Å². The van der Waals surface area contributed by atoms with Gasteiger partial charge in [0.25, 0.3) is 5.91 Å². The predicted octanol–water partition coefficient (Wildman–Crippen LogP) is 3.45. The highest BCUT2D eigenvalue weighted by atomic mass is 32.1. The summed E-state index contributed by atoms with van der Waals surface area (Å²) in [4.78, 5) is 30.7. The fourth-order valence-electron chi connectivity index (χ4n) is 4.16. The number of para-hydroxylation sites is 2. The van der Waals surface area contributed by atoms with Gasteiger partial charge in [-0.1, -0.05) is 25.1 Å². The molecule has 2 unspecified atom stereocenters. The number of likely N-dealkylation sites (tertiary alicyclic amines) is 1. The van der Waals surface area contributed by atoms with Crippen molar-refractivity contribution in [2.24, 2.45) is 5.92 Å². The van der Waals surface area contributed by atoms with E-state index in [1.165, 1.54) is 22.6 Å². The van der Waals surface area contributed by atoms with Crippen molar-refractivity contribution < 1.29 is 14.3 Å². The third-order valence-corrected chi connectivity index (χ3v) is 6.97. The van der Waals surface area contributed by atoms with Gasteiger partial charge in [0, 0.05) is 11.4 Å². The van der Waals surface area contributed by atoms with Crippen molar-refractivity contribution in [1.29, 1.82) is 0 Å². The Bertz CT molecular complexity index is 878. The Balaban J connectivity index is 1.42. The summed E-state index contributed by atoms with van der Waals surface area (Å²) in [7, 11) is 0. The molecule has 4 rings (SSSR count). The van der Waals surface area contributed by atoms with Crippen LogP contribution in [-0.4, -0.2) is 49.0 Å². The molecule has 1 saturated heterocycles. The number of piperidine rings is 1. The average Bonchev–Trinajstić information content (AvgIpc) is 3.27. The van der Waals surface area contributed by atoms with Crippen LogP contribution in [0.4, 0.5) is 5.69 Å². The molecule has 160 valence electrons. The molecule has 2 aromatic rings. The summed E-state index contributed by atoms with van der Waals surface area (Å²) in [6, 6.07) is 11.7. The Morgan fingerprint density at radius 1 is 1.20 bits per heavy atom. The predicted molar refractivity (Wildman–Crippen MR) is 119 cm³/mol. The monoisotopic (exact) mass is 427 g/mol. The molecular weight excluding hydrogens is 398 g/mol. The number of hydrogen-bond donors (Lipinski definition) is 1. The van der Waals surface area contributed by atoms with Gasteiger partial charge < -0.3 is 10.1 Å². The first-order valence-corrected chi connectivity index (χ1v) is 11.5. The lowest BCUT2D eigenvalue weighted by molar-refractivity contribution is -0.128. The summed E-state index contributed by atoms with van der Waals surface area (Å²) in [5.74, 6) is 1.05. The van der Waals surface area contributed by atoms with Crippen molar-refractivity contribution in [3.05, 3.63) is 46.7 Å². The van der Waals surface area contributed by atoms with Crippen LogP contribution < -0.4 is 15.0 Å². The van der Waals surface area contributed by atoms with E-state index in [2.05, 4.69) is 34.7 Å². The minimum absolute atomic E-state index is 0.00224. The minimum Gasteiger partial charge on any atom is -0.479 e. The van der Waals surface area contributed by atoms with Gasteiger partial charge in [0.05, 0.1) is 11.7 Å². The number of hydrogen-bond acceptors (Lipinski definition) is 5. The number of carbonyl (C=O) groups is 2. The first kappa shape index (κ1) is 20.9. The summed E-state index contributed by atoms with van der Waals surface area (Å²) < 4.78 is 5.66. The summed E-state index contributed by atoms with van der Waals surface area (Å²) in [6.45, 7) is 6.66. The highest BCUT2D eigenvalue weighted by Crippen LogP contribution is 2.33. The molecule has 1 aromatic carbocycles. The van der Waals surface area contributed by atoms with Crippen molar-refractivity contribution in [2.75, 3.05) is 31.1 Å². The van der Waals surface area contributed by atoms with E-state index < -0.39 is 6.10 Å². The molecular formula is C23H29N3O3S. The maximum atomic E-state index is 12.8. The molecule has 0 bridgehead atoms. The molecule has 1 fully saturated rings. The van der Waals surface area contributed by atoms with Crippen LogP contribution in [0.15, 0.2) is 41.8 Å². The molecule has 6 nitrogen and oxygen atoms in total. The molecule has 0 radical (unpaired) electrons. The van der Waals surface area contributed by atoms with Crippen molar-refractivity contribution in [1.82, 2.24) is 10.2 Å². The van der Waals surface area contributed by atoms with Crippen molar-refractivity contribution >= 4 is 28.8 Å². The van der Waals surface area contributed by atoms with E-state index in [0.717, 1.165) is 19.0 Å². The fraction of sp³-hybridized carbons (Fsp3) is 0.478. The van der Waals surface area contributed by atoms with Crippen LogP contribution in [0.25, 0.3) is 0 Å². The third kappa shape index (κ3) is 4.52.